The van der Waals surface area contributed by atoms with Crippen LogP contribution in [0.4, 0.5) is 0 Å². The second-order valence-electron chi connectivity index (χ2n) is 3.65. The summed E-state index contributed by atoms with van der Waals surface area (Å²) < 4.78 is 6.74. The summed E-state index contributed by atoms with van der Waals surface area (Å²) in [5.74, 6) is 0.908. The van der Waals surface area contributed by atoms with E-state index in [1.54, 1.807) is 0 Å². The Hall–Kier alpha value is -0.540. The fraction of sp³-hybridized carbons (Fsp3) is 0.500. The largest absolute Gasteiger partial charge is 0.494 e. The van der Waals surface area contributed by atoms with Crippen molar-refractivity contribution >= 4 is 15.9 Å². The van der Waals surface area contributed by atoms with E-state index < -0.39 is 0 Å². The lowest BCUT2D eigenvalue weighted by atomic mass is 10.1. The fourth-order valence-corrected chi connectivity index (χ4v) is 1.62. The Morgan fingerprint density at radius 2 is 1.80 bits per heavy atom. The Balaban J connectivity index is 2.55. The Labute approximate surface area is 99.4 Å². The molecule has 0 atom stereocenters. The number of aliphatic hydroxyl groups is 1. The standard InChI is InChI=1S/C12H17BrO2/c1-9-7-11(8-10(2)12(9)13)15-6-4-3-5-14/h7-8,14H,3-6H2,1-2H3. The molecule has 0 amide bonds. The third-order valence-corrected chi connectivity index (χ3v) is 3.48. The number of hydrogen-bond donors (Lipinski definition) is 1. The Morgan fingerprint density at radius 3 is 2.33 bits per heavy atom. The van der Waals surface area contributed by atoms with Gasteiger partial charge >= 0.3 is 0 Å². The first-order valence-electron chi connectivity index (χ1n) is 5.15. The molecule has 1 aromatic carbocycles. The summed E-state index contributed by atoms with van der Waals surface area (Å²) in [7, 11) is 0. The van der Waals surface area contributed by atoms with Crippen molar-refractivity contribution in [3.63, 3.8) is 0 Å². The van der Waals surface area contributed by atoms with Gasteiger partial charge in [0.2, 0.25) is 0 Å². The minimum absolute atomic E-state index is 0.238. The van der Waals surface area contributed by atoms with Gasteiger partial charge < -0.3 is 9.84 Å². The summed E-state index contributed by atoms with van der Waals surface area (Å²) in [5.41, 5.74) is 2.37. The fourth-order valence-electron chi connectivity index (χ4n) is 1.39. The van der Waals surface area contributed by atoms with E-state index in [0.29, 0.717) is 6.61 Å². The average Bonchev–Trinajstić information content (AvgIpc) is 2.21. The van der Waals surface area contributed by atoms with Crippen LogP contribution in [-0.4, -0.2) is 18.3 Å². The monoisotopic (exact) mass is 272 g/mol. The van der Waals surface area contributed by atoms with Crippen molar-refractivity contribution in [2.45, 2.75) is 26.7 Å². The minimum Gasteiger partial charge on any atom is -0.494 e. The van der Waals surface area contributed by atoms with E-state index >= 15 is 0 Å². The lowest BCUT2D eigenvalue weighted by molar-refractivity contribution is 0.253. The predicted octanol–water partition coefficient (Wildman–Crippen LogP) is 3.22. The molecule has 0 bridgehead atoms. The van der Waals surface area contributed by atoms with Gasteiger partial charge in [-0.1, -0.05) is 15.9 Å². The molecule has 0 aliphatic rings. The molecule has 0 heterocycles. The highest BCUT2D eigenvalue weighted by Gasteiger charge is 2.02. The van der Waals surface area contributed by atoms with Gasteiger partial charge in [-0.25, -0.2) is 0 Å². The summed E-state index contributed by atoms with van der Waals surface area (Å²) in [6, 6.07) is 4.05. The highest BCUT2D eigenvalue weighted by Crippen LogP contribution is 2.26. The maximum Gasteiger partial charge on any atom is 0.119 e. The number of benzene rings is 1. The van der Waals surface area contributed by atoms with Crippen molar-refractivity contribution in [1.29, 1.82) is 0 Å². The van der Waals surface area contributed by atoms with E-state index in [1.165, 1.54) is 11.1 Å². The molecule has 84 valence electrons. The molecular formula is C12H17BrO2. The quantitative estimate of drug-likeness (QED) is 0.835. The summed E-state index contributed by atoms with van der Waals surface area (Å²) in [6.45, 7) is 5.01. The Bertz CT molecular complexity index is 300. The lowest BCUT2D eigenvalue weighted by Gasteiger charge is -2.09. The zero-order valence-electron chi connectivity index (χ0n) is 9.22. The second kappa shape index (κ2) is 6.13. The van der Waals surface area contributed by atoms with E-state index in [-0.39, 0.29) is 6.61 Å². The number of rotatable bonds is 5. The summed E-state index contributed by atoms with van der Waals surface area (Å²) in [4.78, 5) is 0. The molecule has 15 heavy (non-hydrogen) atoms. The van der Waals surface area contributed by atoms with Crippen LogP contribution in [-0.2, 0) is 0 Å². The van der Waals surface area contributed by atoms with Gasteiger partial charge in [0.25, 0.3) is 0 Å². The van der Waals surface area contributed by atoms with Crippen LogP contribution in [0.1, 0.15) is 24.0 Å². The zero-order chi connectivity index (χ0) is 11.3. The molecule has 0 saturated heterocycles. The van der Waals surface area contributed by atoms with Crippen LogP contribution in [0.25, 0.3) is 0 Å². The molecule has 0 fully saturated rings. The van der Waals surface area contributed by atoms with Gasteiger partial charge in [-0.3, -0.25) is 0 Å². The van der Waals surface area contributed by atoms with Crippen molar-refractivity contribution in [2.75, 3.05) is 13.2 Å². The van der Waals surface area contributed by atoms with Crippen LogP contribution in [0.15, 0.2) is 16.6 Å². The van der Waals surface area contributed by atoms with E-state index in [9.17, 15) is 0 Å². The number of unbranched alkanes of at least 4 members (excludes halogenated alkanes) is 1. The van der Waals surface area contributed by atoms with Crippen molar-refractivity contribution in [3.05, 3.63) is 27.7 Å². The number of aryl methyl sites for hydroxylation is 2. The first kappa shape index (κ1) is 12.5. The molecular weight excluding hydrogens is 256 g/mol. The first-order chi connectivity index (χ1) is 7.15. The normalized spacial score (nSPS) is 10.4. The van der Waals surface area contributed by atoms with E-state index in [0.717, 1.165) is 23.1 Å². The number of halogens is 1. The molecule has 2 nitrogen and oxygen atoms in total. The van der Waals surface area contributed by atoms with Crippen molar-refractivity contribution < 1.29 is 9.84 Å². The third kappa shape index (κ3) is 3.84. The van der Waals surface area contributed by atoms with Gasteiger partial charge in [0.15, 0.2) is 0 Å². The van der Waals surface area contributed by atoms with Gasteiger partial charge in [0.1, 0.15) is 5.75 Å². The number of aliphatic hydroxyl groups excluding tert-OH is 1. The molecule has 0 unspecified atom stereocenters. The van der Waals surface area contributed by atoms with Gasteiger partial charge in [-0.2, -0.15) is 0 Å². The Kier molecular flexibility index (Phi) is 5.12. The maximum absolute atomic E-state index is 8.63. The smallest absolute Gasteiger partial charge is 0.119 e. The first-order valence-corrected chi connectivity index (χ1v) is 5.95. The van der Waals surface area contributed by atoms with Crippen LogP contribution in [0.5, 0.6) is 5.75 Å². The van der Waals surface area contributed by atoms with E-state index in [1.807, 2.05) is 12.1 Å². The highest BCUT2D eigenvalue weighted by molar-refractivity contribution is 9.10. The lowest BCUT2D eigenvalue weighted by Crippen LogP contribution is -1.99. The molecule has 0 aromatic heterocycles. The highest BCUT2D eigenvalue weighted by atomic mass is 79.9. The molecule has 0 aliphatic carbocycles. The molecule has 0 saturated carbocycles. The van der Waals surface area contributed by atoms with Crippen LogP contribution < -0.4 is 4.74 Å². The predicted molar refractivity (Wildman–Crippen MR) is 65.4 cm³/mol. The summed E-state index contributed by atoms with van der Waals surface area (Å²) in [6.07, 6.45) is 1.69. The second-order valence-corrected chi connectivity index (χ2v) is 4.44. The molecule has 1 N–H and O–H groups in total. The van der Waals surface area contributed by atoms with Crippen LogP contribution in [0, 0.1) is 13.8 Å². The summed E-state index contributed by atoms with van der Waals surface area (Å²) in [5, 5.41) is 8.63. The maximum atomic E-state index is 8.63. The molecule has 1 aromatic rings. The molecule has 3 heteroatoms. The third-order valence-electron chi connectivity index (χ3n) is 2.23. The van der Waals surface area contributed by atoms with Crippen LogP contribution >= 0.6 is 15.9 Å². The molecule has 0 radical (unpaired) electrons. The van der Waals surface area contributed by atoms with E-state index in [2.05, 4.69) is 29.8 Å². The molecule has 0 spiro atoms. The Morgan fingerprint density at radius 1 is 1.20 bits per heavy atom. The van der Waals surface area contributed by atoms with Gasteiger partial charge in [0, 0.05) is 11.1 Å². The number of hydrogen-bond acceptors (Lipinski definition) is 2. The zero-order valence-corrected chi connectivity index (χ0v) is 10.8. The van der Waals surface area contributed by atoms with Gasteiger partial charge in [-0.15, -0.1) is 0 Å². The molecule has 0 aliphatic heterocycles. The SMILES string of the molecule is Cc1cc(OCCCCO)cc(C)c1Br. The van der Waals surface area contributed by atoms with Gasteiger partial charge in [0.05, 0.1) is 6.61 Å². The number of ether oxygens (including phenoxy) is 1. The van der Waals surface area contributed by atoms with Crippen LogP contribution in [0.3, 0.4) is 0 Å². The van der Waals surface area contributed by atoms with Crippen LogP contribution in [0.2, 0.25) is 0 Å². The van der Waals surface area contributed by atoms with Crippen molar-refractivity contribution in [1.82, 2.24) is 0 Å². The van der Waals surface area contributed by atoms with Crippen molar-refractivity contribution in [2.24, 2.45) is 0 Å². The van der Waals surface area contributed by atoms with Gasteiger partial charge in [-0.05, 0) is 49.9 Å². The topological polar surface area (TPSA) is 29.5 Å². The average molecular weight is 273 g/mol. The summed E-state index contributed by atoms with van der Waals surface area (Å²) >= 11 is 3.52. The molecule has 1 rings (SSSR count). The van der Waals surface area contributed by atoms with Crippen molar-refractivity contribution in [3.8, 4) is 5.75 Å². The minimum atomic E-state index is 0.238. The van der Waals surface area contributed by atoms with E-state index in [4.69, 9.17) is 9.84 Å².